The Balaban J connectivity index is 1.33. The Kier molecular flexibility index (Phi) is 7.69. The number of amides is 3. The number of carbonyl (C=O) groups excluding carboxylic acids is 3. The highest BCUT2D eigenvalue weighted by atomic mass is 127. The third kappa shape index (κ3) is 6.27. The molecule has 3 amide bonds. The van der Waals surface area contributed by atoms with E-state index in [1.54, 1.807) is 30.3 Å². The molecule has 3 aromatic rings. The number of anilines is 1. The maximum atomic E-state index is 12.7. The van der Waals surface area contributed by atoms with E-state index < -0.39 is 0 Å². The van der Waals surface area contributed by atoms with E-state index in [2.05, 4.69) is 27.9 Å². The van der Waals surface area contributed by atoms with E-state index >= 15 is 0 Å². The molecule has 8 heteroatoms. The van der Waals surface area contributed by atoms with Crippen molar-refractivity contribution in [3.8, 4) is 5.75 Å². The molecule has 172 valence electrons. The van der Waals surface area contributed by atoms with Crippen LogP contribution >= 0.6 is 34.4 Å². The van der Waals surface area contributed by atoms with E-state index in [1.165, 1.54) is 4.90 Å². The van der Waals surface area contributed by atoms with E-state index in [4.69, 9.17) is 4.74 Å². The first kappa shape index (κ1) is 24.0. The van der Waals surface area contributed by atoms with Crippen molar-refractivity contribution in [3.05, 3.63) is 98.0 Å². The molecule has 0 spiro atoms. The Hall–Kier alpha value is -3.11. The molecular formula is C26H21IN2O4S. The number of halogens is 1. The molecule has 6 nitrogen and oxygen atoms in total. The zero-order valence-corrected chi connectivity index (χ0v) is 21.3. The molecule has 3 aromatic carbocycles. The van der Waals surface area contributed by atoms with Gasteiger partial charge in [-0.25, -0.2) is 0 Å². The number of benzene rings is 3. The summed E-state index contributed by atoms with van der Waals surface area (Å²) in [5, 5.41) is 2.50. The zero-order chi connectivity index (χ0) is 24.1. The van der Waals surface area contributed by atoms with Crippen LogP contribution in [-0.4, -0.2) is 28.6 Å². The number of ether oxygens (including phenoxy) is 1. The smallest absolute Gasteiger partial charge is 0.293 e. The van der Waals surface area contributed by atoms with Crippen LogP contribution in [0.3, 0.4) is 0 Å². The van der Waals surface area contributed by atoms with Crippen LogP contribution in [0, 0.1) is 10.5 Å². The Morgan fingerprint density at radius 2 is 1.68 bits per heavy atom. The number of thioether (sulfide) groups is 1. The molecule has 0 saturated carbocycles. The summed E-state index contributed by atoms with van der Waals surface area (Å²) in [6.07, 6.45) is 1.69. The van der Waals surface area contributed by atoms with Gasteiger partial charge in [-0.1, -0.05) is 42.0 Å². The van der Waals surface area contributed by atoms with E-state index in [9.17, 15) is 14.4 Å². The molecule has 0 radical (unpaired) electrons. The van der Waals surface area contributed by atoms with Crippen LogP contribution in [0.5, 0.6) is 5.75 Å². The van der Waals surface area contributed by atoms with Crippen molar-refractivity contribution in [2.45, 2.75) is 13.5 Å². The Bertz CT molecular complexity index is 1240. The van der Waals surface area contributed by atoms with Crippen LogP contribution < -0.4 is 10.1 Å². The minimum atomic E-state index is -0.304. The lowest BCUT2D eigenvalue weighted by molar-refractivity contribution is -0.123. The lowest BCUT2D eigenvalue weighted by atomic mass is 10.2. The van der Waals surface area contributed by atoms with Gasteiger partial charge in [0.1, 0.15) is 5.75 Å². The van der Waals surface area contributed by atoms with E-state index in [0.717, 1.165) is 32.0 Å². The molecule has 0 aromatic heterocycles. The summed E-state index contributed by atoms with van der Waals surface area (Å²) in [6.45, 7) is 2.11. The highest BCUT2D eigenvalue weighted by Crippen LogP contribution is 2.33. The van der Waals surface area contributed by atoms with Gasteiger partial charge < -0.3 is 10.1 Å². The molecule has 1 N–H and O–H groups in total. The molecule has 1 aliphatic rings. The fraction of sp³-hybridized carbons (Fsp3) is 0.115. The van der Waals surface area contributed by atoms with Crippen LogP contribution in [0.4, 0.5) is 10.5 Å². The van der Waals surface area contributed by atoms with Crippen molar-refractivity contribution in [2.24, 2.45) is 0 Å². The summed E-state index contributed by atoms with van der Waals surface area (Å²) in [7, 11) is 0. The first-order chi connectivity index (χ1) is 16.4. The summed E-state index contributed by atoms with van der Waals surface area (Å²) in [4.78, 5) is 38.8. The molecule has 0 bridgehead atoms. The molecule has 1 aliphatic heterocycles. The number of nitrogens with zero attached hydrogens (tertiary/aromatic N) is 1. The SMILES string of the molecule is Cc1ccc(NC(=O)COc2ccc(/C=C3/SC(=O)N(Cc4ccc(I)cc4)C3=O)cc2)cc1. The molecule has 34 heavy (non-hydrogen) atoms. The normalized spacial score (nSPS) is 14.5. The summed E-state index contributed by atoms with van der Waals surface area (Å²) >= 11 is 3.14. The van der Waals surface area contributed by atoms with Crippen LogP contribution in [-0.2, 0) is 16.1 Å². The first-order valence-corrected chi connectivity index (χ1v) is 12.4. The van der Waals surface area contributed by atoms with Crippen molar-refractivity contribution in [1.82, 2.24) is 4.90 Å². The maximum absolute atomic E-state index is 12.7. The molecule has 0 atom stereocenters. The van der Waals surface area contributed by atoms with Gasteiger partial charge >= 0.3 is 0 Å². The predicted octanol–water partition coefficient (Wildman–Crippen LogP) is 5.85. The number of rotatable bonds is 7. The lowest BCUT2D eigenvalue weighted by Gasteiger charge is -2.12. The average molecular weight is 584 g/mol. The maximum Gasteiger partial charge on any atom is 0.293 e. The molecular weight excluding hydrogens is 563 g/mol. The molecule has 1 heterocycles. The number of hydrogen-bond donors (Lipinski definition) is 1. The van der Waals surface area contributed by atoms with Crippen LogP contribution in [0.2, 0.25) is 0 Å². The van der Waals surface area contributed by atoms with Gasteiger partial charge in [0, 0.05) is 9.26 Å². The molecule has 1 fully saturated rings. The van der Waals surface area contributed by atoms with Gasteiger partial charge in [-0.3, -0.25) is 19.3 Å². The first-order valence-electron chi connectivity index (χ1n) is 10.5. The van der Waals surface area contributed by atoms with Gasteiger partial charge in [-0.2, -0.15) is 0 Å². The second-order valence-electron chi connectivity index (χ2n) is 7.67. The van der Waals surface area contributed by atoms with Gasteiger partial charge in [-0.15, -0.1) is 0 Å². The topological polar surface area (TPSA) is 75.7 Å². The van der Waals surface area contributed by atoms with Gasteiger partial charge in [0.05, 0.1) is 11.4 Å². The Morgan fingerprint density at radius 3 is 2.35 bits per heavy atom. The summed E-state index contributed by atoms with van der Waals surface area (Å²) < 4.78 is 6.64. The fourth-order valence-corrected chi connectivity index (χ4v) is 4.40. The van der Waals surface area contributed by atoms with Gasteiger partial charge in [-0.05, 0) is 94.9 Å². The lowest BCUT2D eigenvalue weighted by Crippen LogP contribution is -2.27. The number of imide groups is 1. The number of nitrogens with one attached hydrogen (secondary N) is 1. The van der Waals surface area contributed by atoms with Crippen molar-refractivity contribution in [1.29, 1.82) is 0 Å². The second-order valence-corrected chi connectivity index (χ2v) is 9.91. The summed E-state index contributed by atoms with van der Waals surface area (Å²) in [6, 6.07) is 22.2. The molecule has 0 unspecified atom stereocenters. The van der Waals surface area contributed by atoms with Crippen LogP contribution in [0.15, 0.2) is 77.7 Å². The van der Waals surface area contributed by atoms with E-state index in [0.29, 0.717) is 16.3 Å². The highest BCUT2D eigenvalue weighted by molar-refractivity contribution is 14.1. The van der Waals surface area contributed by atoms with Crippen molar-refractivity contribution in [3.63, 3.8) is 0 Å². The molecule has 1 saturated heterocycles. The number of aryl methyl sites for hydroxylation is 1. The summed E-state index contributed by atoms with van der Waals surface area (Å²) in [5.41, 5.74) is 3.49. The van der Waals surface area contributed by atoms with Crippen LogP contribution in [0.25, 0.3) is 6.08 Å². The van der Waals surface area contributed by atoms with Crippen molar-refractivity contribution < 1.29 is 19.1 Å². The third-order valence-corrected chi connectivity index (χ3v) is 6.64. The quantitative estimate of drug-likeness (QED) is 0.279. The van der Waals surface area contributed by atoms with Gasteiger partial charge in [0.25, 0.3) is 17.1 Å². The van der Waals surface area contributed by atoms with E-state index in [-0.39, 0.29) is 30.2 Å². The number of hydrogen-bond acceptors (Lipinski definition) is 5. The minimum Gasteiger partial charge on any atom is -0.484 e. The minimum absolute atomic E-state index is 0.120. The van der Waals surface area contributed by atoms with E-state index in [1.807, 2.05) is 55.5 Å². The Morgan fingerprint density at radius 1 is 1.00 bits per heavy atom. The van der Waals surface area contributed by atoms with Crippen molar-refractivity contribution >= 4 is 63.2 Å². The Labute approximate surface area is 215 Å². The monoisotopic (exact) mass is 584 g/mol. The second kappa shape index (κ2) is 10.9. The van der Waals surface area contributed by atoms with Crippen LogP contribution in [0.1, 0.15) is 16.7 Å². The largest absolute Gasteiger partial charge is 0.484 e. The van der Waals surface area contributed by atoms with Gasteiger partial charge in [0.2, 0.25) is 0 Å². The zero-order valence-electron chi connectivity index (χ0n) is 18.3. The molecule has 0 aliphatic carbocycles. The van der Waals surface area contributed by atoms with Gasteiger partial charge in [0.15, 0.2) is 6.61 Å². The fourth-order valence-electron chi connectivity index (χ4n) is 3.20. The summed E-state index contributed by atoms with van der Waals surface area (Å²) in [5.74, 6) is -0.0283. The highest BCUT2D eigenvalue weighted by Gasteiger charge is 2.34. The van der Waals surface area contributed by atoms with Crippen molar-refractivity contribution in [2.75, 3.05) is 11.9 Å². The predicted molar refractivity (Wildman–Crippen MR) is 142 cm³/mol. The number of carbonyl (C=O) groups is 3. The standard InChI is InChI=1S/C26H21IN2O4S/c1-17-2-10-21(11-3-17)28-24(30)16-33-22-12-6-18(7-13-22)14-23-25(31)29(26(32)34-23)15-19-4-8-20(27)9-5-19/h2-14H,15-16H2,1H3,(H,28,30)/b23-14+. The average Bonchev–Trinajstić information content (AvgIpc) is 3.09. The third-order valence-electron chi connectivity index (χ3n) is 5.01. The molecule has 4 rings (SSSR count).